The molecule has 0 aromatic carbocycles. The zero-order chi connectivity index (χ0) is 14.6. The molecule has 0 spiro atoms. The highest BCUT2D eigenvalue weighted by Gasteiger charge is 2.24. The summed E-state index contributed by atoms with van der Waals surface area (Å²) in [7, 11) is 0. The Kier molecular flexibility index (Phi) is 5.77. The average Bonchev–Trinajstić information content (AvgIpc) is 2.37. The van der Waals surface area contributed by atoms with Gasteiger partial charge in [0.1, 0.15) is 12.2 Å². The minimum Gasteiger partial charge on any atom is -0.391 e. The van der Waals surface area contributed by atoms with Crippen molar-refractivity contribution < 1.29 is 25.5 Å². The molecule has 7 heteroatoms. The second kappa shape index (κ2) is 6.88. The van der Waals surface area contributed by atoms with E-state index in [0.29, 0.717) is 5.69 Å². The molecule has 0 aliphatic heterocycles. The summed E-state index contributed by atoms with van der Waals surface area (Å²) in [4.78, 5) is 7.90. The Morgan fingerprint density at radius 1 is 1.00 bits per heavy atom. The van der Waals surface area contributed by atoms with Crippen LogP contribution in [0.3, 0.4) is 0 Å². The Morgan fingerprint density at radius 2 is 1.63 bits per heavy atom. The molecule has 0 bridgehead atoms. The fraction of sp³-hybridized carbons (Fsp3) is 0.667. The quantitative estimate of drug-likeness (QED) is 0.428. The maximum absolute atomic E-state index is 9.80. The molecule has 0 saturated heterocycles. The molecule has 108 valence electrons. The summed E-state index contributed by atoms with van der Waals surface area (Å²) in [6, 6.07) is 0. The first kappa shape index (κ1) is 15.9. The van der Waals surface area contributed by atoms with Crippen molar-refractivity contribution in [3.05, 3.63) is 23.8 Å². The maximum Gasteiger partial charge on any atom is 0.126 e. The molecule has 0 aliphatic rings. The molecule has 0 fully saturated rings. The summed E-state index contributed by atoms with van der Waals surface area (Å²) < 4.78 is 0. The highest BCUT2D eigenvalue weighted by atomic mass is 16.4. The first-order valence-corrected chi connectivity index (χ1v) is 6.04. The van der Waals surface area contributed by atoms with Gasteiger partial charge in [0.2, 0.25) is 0 Å². The van der Waals surface area contributed by atoms with Crippen LogP contribution in [0.2, 0.25) is 0 Å². The maximum atomic E-state index is 9.80. The van der Waals surface area contributed by atoms with Gasteiger partial charge in [-0.15, -0.1) is 0 Å². The fourth-order valence-corrected chi connectivity index (χ4v) is 1.49. The van der Waals surface area contributed by atoms with E-state index in [-0.39, 0.29) is 12.1 Å². The Morgan fingerprint density at radius 3 is 2.16 bits per heavy atom. The molecule has 1 aromatic rings. The van der Waals surface area contributed by atoms with Crippen molar-refractivity contribution in [1.29, 1.82) is 0 Å². The van der Waals surface area contributed by atoms with Gasteiger partial charge in [-0.25, -0.2) is 0 Å². The molecule has 7 nitrogen and oxygen atoms in total. The predicted molar refractivity (Wildman–Crippen MR) is 66.1 cm³/mol. The Hall–Kier alpha value is -1.12. The van der Waals surface area contributed by atoms with Crippen LogP contribution in [0.1, 0.15) is 31.3 Å². The fourth-order valence-electron chi connectivity index (χ4n) is 1.49. The SMILES string of the molecule is C[C@H](O)[C@H](O)[C@@H](O)c1cncc(C[C@@H](O)[C@H](C)O)n1. The molecular weight excluding hydrogens is 252 g/mol. The molecule has 19 heavy (non-hydrogen) atoms. The minimum absolute atomic E-state index is 0.0794. The van der Waals surface area contributed by atoms with Crippen molar-refractivity contribution in [2.24, 2.45) is 0 Å². The van der Waals surface area contributed by atoms with Crippen LogP contribution in [0.25, 0.3) is 0 Å². The summed E-state index contributed by atoms with van der Waals surface area (Å²) in [5, 5.41) is 47.3. The van der Waals surface area contributed by atoms with E-state index in [0.717, 1.165) is 0 Å². The topological polar surface area (TPSA) is 127 Å². The number of nitrogens with zero attached hydrogens (tertiary/aromatic N) is 2. The van der Waals surface area contributed by atoms with Gasteiger partial charge in [-0.1, -0.05) is 0 Å². The van der Waals surface area contributed by atoms with E-state index in [4.69, 9.17) is 0 Å². The summed E-state index contributed by atoms with van der Waals surface area (Å²) in [5.41, 5.74) is 0.478. The first-order chi connectivity index (χ1) is 8.82. The number of aliphatic hydroxyl groups is 5. The van der Waals surface area contributed by atoms with Crippen molar-refractivity contribution in [2.75, 3.05) is 0 Å². The van der Waals surface area contributed by atoms with Gasteiger partial charge in [-0.2, -0.15) is 0 Å². The van der Waals surface area contributed by atoms with Gasteiger partial charge >= 0.3 is 0 Å². The molecule has 1 aromatic heterocycles. The molecule has 0 aliphatic carbocycles. The van der Waals surface area contributed by atoms with E-state index in [1.165, 1.54) is 26.2 Å². The Balaban J connectivity index is 2.82. The lowest BCUT2D eigenvalue weighted by molar-refractivity contribution is -0.0550. The third kappa shape index (κ3) is 4.48. The lowest BCUT2D eigenvalue weighted by Crippen LogP contribution is -2.31. The van der Waals surface area contributed by atoms with Crippen LogP contribution >= 0.6 is 0 Å². The Bertz CT molecular complexity index is 399. The third-order valence-corrected chi connectivity index (χ3v) is 2.80. The van der Waals surface area contributed by atoms with Crippen LogP contribution in [0.4, 0.5) is 0 Å². The van der Waals surface area contributed by atoms with E-state index in [1.807, 2.05) is 0 Å². The van der Waals surface area contributed by atoms with Crippen molar-refractivity contribution in [1.82, 2.24) is 9.97 Å². The van der Waals surface area contributed by atoms with Crippen LogP contribution in [0.15, 0.2) is 12.4 Å². The Labute approximate surface area is 111 Å². The van der Waals surface area contributed by atoms with Gasteiger partial charge in [0.05, 0.1) is 35.9 Å². The summed E-state index contributed by atoms with van der Waals surface area (Å²) in [5.74, 6) is 0. The molecule has 1 heterocycles. The molecule has 5 N–H and O–H groups in total. The van der Waals surface area contributed by atoms with Crippen LogP contribution < -0.4 is 0 Å². The summed E-state index contributed by atoms with van der Waals surface area (Å²) in [6.45, 7) is 2.80. The van der Waals surface area contributed by atoms with Gasteiger partial charge < -0.3 is 25.5 Å². The van der Waals surface area contributed by atoms with Crippen LogP contribution in [0.5, 0.6) is 0 Å². The number of aliphatic hydroxyl groups excluding tert-OH is 5. The van der Waals surface area contributed by atoms with E-state index in [9.17, 15) is 25.5 Å². The van der Waals surface area contributed by atoms with Crippen molar-refractivity contribution in [3.63, 3.8) is 0 Å². The molecule has 0 unspecified atom stereocenters. The van der Waals surface area contributed by atoms with Gasteiger partial charge in [0, 0.05) is 12.6 Å². The number of hydrogen-bond donors (Lipinski definition) is 5. The first-order valence-electron chi connectivity index (χ1n) is 6.04. The third-order valence-electron chi connectivity index (χ3n) is 2.80. The normalized spacial score (nSPS) is 19.5. The second-order valence-electron chi connectivity index (χ2n) is 4.62. The lowest BCUT2D eigenvalue weighted by Gasteiger charge is -2.20. The van der Waals surface area contributed by atoms with Gasteiger partial charge in [-0.05, 0) is 13.8 Å². The molecule has 0 radical (unpaired) electrons. The number of rotatable bonds is 6. The van der Waals surface area contributed by atoms with Crippen LogP contribution in [-0.4, -0.2) is 59.9 Å². The average molecular weight is 272 g/mol. The minimum atomic E-state index is -1.37. The van der Waals surface area contributed by atoms with Crippen molar-refractivity contribution >= 4 is 0 Å². The predicted octanol–water partition coefficient (Wildman–Crippen LogP) is -1.46. The number of aromatic nitrogens is 2. The highest BCUT2D eigenvalue weighted by molar-refractivity contribution is 5.08. The van der Waals surface area contributed by atoms with Gasteiger partial charge in [0.15, 0.2) is 0 Å². The molecule has 0 saturated carbocycles. The van der Waals surface area contributed by atoms with E-state index in [2.05, 4.69) is 9.97 Å². The van der Waals surface area contributed by atoms with Gasteiger partial charge in [0.25, 0.3) is 0 Å². The molecule has 5 atom stereocenters. The summed E-state index contributed by atoms with van der Waals surface area (Å²) in [6.07, 6.45) is -2.98. The van der Waals surface area contributed by atoms with Gasteiger partial charge in [-0.3, -0.25) is 9.97 Å². The smallest absolute Gasteiger partial charge is 0.126 e. The zero-order valence-corrected chi connectivity index (χ0v) is 10.9. The highest BCUT2D eigenvalue weighted by Crippen LogP contribution is 2.17. The standard InChI is InChI=1S/C12H20N2O5/c1-6(15)10(17)3-8-4-13-5-9(14-8)12(19)11(18)7(2)16/h4-7,10-12,15-19H,3H2,1-2H3/t6-,7-,10+,11-,12-/m0/s1. The van der Waals surface area contributed by atoms with Crippen LogP contribution in [-0.2, 0) is 6.42 Å². The summed E-state index contributed by atoms with van der Waals surface area (Å²) >= 11 is 0. The van der Waals surface area contributed by atoms with E-state index in [1.54, 1.807) is 0 Å². The molecular formula is C12H20N2O5. The second-order valence-corrected chi connectivity index (χ2v) is 4.62. The monoisotopic (exact) mass is 272 g/mol. The van der Waals surface area contributed by atoms with E-state index < -0.39 is 30.5 Å². The van der Waals surface area contributed by atoms with Crippen molar-refractivity contribution in [3.8, 4) is 0 Å². The van der Waals surface area contributed by atoms with Crippen LogP contribution in [0, 0.1) is 0 Å². The number of hydrogen-bond acceptors (Lipinski definition) is 7. The molecule has 1 rings (SSSR count). The van der Waals surface area contributed by atoms with E-state index >= 15 is 0 Å². The largest absolute Gasteiger partial charge is 0.391 e. The zero-order valence-electron chi connectivity index (χ0n) is 10.9. The lowest BCUT2D eigenvalue weighted by atomic mass is 10.1. The van der Waals surface area contributed by atoms with Crippen molar-refractivity contribution in [2.45, 2.75) is 50.8 Å². The molecule has 0 amide bonds.